The molecule has 162 valence electrons. The summed E-state index contributed by atoms with van der Waals surface area (Å²) in [5, 5.41) is 5.23. The lowest BCUT2D eigenvalue weighted by atomic mass is 10.2. The predicted molar refractivity (Wildman–Crippen MR) is 112 cm³/mol. The SMILES string of the molecule is NC(=NCC(F)(F)F)Nc1ccnc(CCCCN(S)C(=O)Nc2ccccc2)n1. The Labute approximate surface area is 177 Å². The number of aliphatic imine (C=N–C) groups is 1. The number of nitrogens with zero attached hydrogens (tertiary/aromatic N) is 4. The number of hydrogen-bond donors (Lipinski definition) is 4. The number of alkyl halides is 3. The molecule has 0 saturated carbocycles. The number of rotatable bonds is 8. The van der Waals surface area contributed by atoms with Crippen molar-refractivity contribution in [1.82, 2.24) is 14.3 Å². The largest absolute Gasteiger partial charge is 0.408 e. The van der Waals surface area contributed by atoms with E-state index >= 15 is 0 Å². The quantitative estimate of drug-likeness (QED) is 0.217. The van der Waals surface area contributed by atoms with E-state index in [1.54, 1.807) is 12.1 Å². The van der Waals surface area contributed by atoms with Gasteiger partial charge in [0.2, 0.25) is 0 Å². The molecule has 0 atom stereocenters. The Hall–Kier alpha value is -3.02. The van der Waals surface area contributed by atoms with Gasteiger partial charge < -0.3 is 16.4 Å². The summed E-state index contributed by atoms with van der Waals surface area (Å²) in [6, 6.07) is 10.2. The molecule has 2 aromatic rings. The lowest BCUT2D eigenvalue weighted by Crippen LogP contribution is -2.28. The van der Waals surface area contributed by atoms with Crippen molar-refractivity contribution in [1.29, 1.82) is 0 Å². The second-order valence-corrected chi connectivity index (χ2v) is 6.66. The summed E-state index contributed by atoms with van der Waals surface area (Å²) in [4.78, 5) is 23.6. The summed E-state index contributed by atoms with van der Waals surface area (Å²) < 4.78 is 37.8. The number of carbonyl (C=O) groups excluding carboxylic acids is 1. The molecule has 1 aromatic carbocycles. The number of amides is 2. The zero-order chi connectivity index (χ0) is 22.0. The van der Waals surface area contributed by atoms with Crippen molar-refractivity contribution in [2.45, 2.75) is 25.4 Å². The Morgan fingerprint density at radius 1 is 1.17 bits per heavy atom. The third kappa shape index (κ3) is 8.99. The van der Waals surface area contributed by atoms with Gasteiger partial charge in [-0.3, -0.25) is 4.31 Å². The lowest BCUT2D eigenvalue weighted by molar-refractivity contribution is -0.118. The lowest BCUT2D eigenvalue weighted by Gasteiger charge is -2.16. The van der Waals surface area contributed by atoms with Crippen LogP contribution in [-0.2, 0) is 6.42 Å². The second-order valence-electron chi connectivity index (χ2n) is 6.18. The highest BCUT2D eigenvalue weighted by atomic mass is 32.1. The highest BCUT2D eigenvalue weighted by Gasteiger charge is 2.26. The third-order valence-corrected chi connectivity index (χ3v) is 4.05. The highest BCUT2D eigenvalue weighted by Crippen LogP contribution is 2.14. The molecule has 0 unspecified atom stereocenters. The van der Waals surface area contributed by atoms with E-state index in [4.69, 9.17) is 5.73 Å². The fourth-order valence-electron chi connectivity index (χ4n) is 2.29. The normalized spacial score (nSPS) is 11.8. The molecule has 0 aliphatic heterocycles. The van der Waals surface area contributed by atoms with Gasteiger partial charge in [-0.2, -0.15) is 13.2 Å². The van der Waals surface area contributed by atoms with Crippen LogP contribution < -0.4 is 16.4 Å². The van der Waals surface area contributed by atoms with Crippen LogP contribution in [0.5, 0.6) is 0 Å². The summed E-state index contributed by atoms with van der Waals surface area (Å²) >= 11 is 4.18. The molecule has 2 rings (SSSR count). The minimum atomic E-state index is -4.43. The summed E-state index contributed by atoms with van der Waals surface area (Å²) in [7, 11) is 0. The Balaban J connectivity index is 1.74. The number of anilines is 2. The maximum atomic E-state index is 12.2. The van der Waals surface area contributed by atoms with Crippen LogP contribution in [0.4, 0.5) is 29.5 Å². The van der Waals surface area contributed by atoms with Gasteiger partial charge in [0, 0.05) is 24.8 Å². The van der Waals surface area contributed by atoms with Crippen LogP contribution in [0.25, 0.3) is 0 Å². The average molecular weight is 441 g/mol. The molecule has 1 aromatic heterocycles. The first-order chi connectivity index (χ1) is 14.2. The fraction of sp³-hybridized carbons (Fsp3) is 0.333. The Kier molecular flexibility index (Phi) is 8.71. The number of benzene rings is 1. The molecule has 12 heteroatoms. The van der Waals surface area contributed by atoms with Gasteiger partial charge in [-0.05, 0) is 31.0 Å². The molecule has 0 bridgehead atoms. The monoisotopic (exact) mass is 441 g/mol. The van der Waals surface area contributed by atoms with Gasteiger partial charge in [0.25, 0.3) is 0 Å². The number of carbonyl (C=O) groups is 1. The van der Waals surface area contributed by atoms with Crippen molar-refractivity contribution < 1.29 is 18.0 Å². The number of thiol groups is 1. The van der Waals surface area contributed by atoms with Crippen LogP contribution in [0.15, 0.2) is 47.6 Å². The molecule has 2 amide bonds. The topological polar surface area (TPSA) is 109 Å². The maximum absolute atomic E-state index is 12.2. The molecule has 0 radical (unpaired) electrons. The molecular weight excluding hydrogens is 419 g/mol. The number of aromatic nitrogens is 2. The second kappa shape index (κ2) is 11.2. The van der Waals surface area contributed by atoms with Crippen LogP contribution in [0.1, 0.15) is 18.7 Å². The van der Waals surface area contributed by atoms with Gasteiger partial charge in [0.1, 0.15) is 18.2 Å². The van der Waals surface area contributed by atoms with Crippen molar-refractivity contribution in [3.8, 4) is 0 Å². The zero-order valence-electron chi connectivity index (χ0n) is 15.9. The molecule has 30 heavy (non-hydrogen) atoms. The Bertz CT molecular complexity index is 849. The van der Waals surface area contributed by atoms with Gasteiger partial charge >= 0.3 is 12.2 Å². The number of hydrogen-bond acceptors (Lipinski definition) is 5. The smallest absolute Gasteiger partial charge is 0.370 e. The molecule has 1 heterocycles. The number of para-hydroxylation sites is 1. The van der Waals surface area contributed by atoms with Crippen LogP contribution >= 0.6 is 12.8 Å². The maximum Gasteiger partial charge on any atom is 0.408 e. The number of nitrogens with two attached hydrogens (primary N) is 1. The summed E-state index contributed by atoms with van der Waals surface area (Å²) in [5.41, 5.74) is 6.11. The van der Waals surface area contributed by atoms with Crippen molar-refractivity contribution in [2.75, 3.05) is 23.7 Å². The van der Waals surface area contributed by atoms with Crippen LogP contribution in [0, 0.1) is 0 Å². The molecule has 0 spiro atoms. The first-order valence-electron chi connectivity index (χ1n) is 9.01. The van der Waals surface area contributed by atoms with E-state index in [1.807, 2.05) is 18.2 Å². The van der Waals surface area contributed by atoms with Gasteiger partial charge in [-0.1, -0.05) is 31.0 Å². The highest BCUT2D eigenvalue weighted by molar-refractivity contribution is 7.78. The first kappa shape index (κ1) is 23.3. The summed E-state index contributed by atoms with van der Waals surface area (Å²) in [6.45, 7) is -0.960. The van der Waals surface area contributed by atoms with Crippen LogP contribution in [-0.4, -0.2) is 45.5 Å². The molecule has 0 fully saturated rings. The fourth-order valence-corrected chi connectivity index (χ4v) is 2.48. The zero-order valence-corrected chi connectivity index (χ0v) is 16.8. The van der Waals surface area contributed by atoms with Crippen LogP contribution in [0.3, 0.4) is 0 Å². The molecule has 8 nitrogen and oxygen atoms in total. The molecule has 0 saturated heterocycles. The van der Waals surface area contributed by atoms with E-state index in [2.05, 4.69) is 38.4 Å². The van der Waals surface area contributed by atoms with Crippen LogP contribution in [0.2, 0.25) is 0 Å². The van der Waals surface area contributed by atoms with E-state index in [0.717, 1.165) is 0 Å². The minimum Gasteiger partial charge on any atom is -0.370 e. The number of unbranched alkanes of at least 4 members (excludes halogenated alkanes) is 1. The van der Waals surface area contributed by atoms with E-state index in [1.165, 1.54) is 16.6 Å². The van der Waals surface area contributed by atoms with Gasteiger partial charge in [-0.15, -0.1) is 0 Å². The molecule has 0 aliphatic rings. The van der Waals surface area contributed by atoms with Crippen molar-refractivity contribution in [3.63, 3.8) is 0 Å². The van der Waals surface area contributed by atoms with E-state index < -0.39 is 12.7 Å². The molecule has 0 aliphatic carbocycles. The van der Waals surface area contributed by atoms with E-state index in [0.29, 0.717) is 37.3 Å². The Morgan fingerprint density at radius 3 is 2.60 bits per heavy atom. The van der Waals surface area contributed by atoms with E-state index in [9.17, 15) is 18.0 Å². The van der Waals surface area contributed by atoms with Gasteiger partial charge in [0.05, 0.1) is 0 Å². The van der Waals surface area contributed by atoms with Gasteiger partial charge in [-0.25, -0.2) is 19.8 Å². The number of aryl methyl sites for hydroxylation is 1. The third-order valence-electron chi connectivity index (χ3n) is 3.67. The number of nitrogens with one attached hydrogen (secondary N) is 2. The van der Waals surface area contributed by atoms with Gasteiger partial charge in [0.15, 0.2) is 5.96 Å². The minimum absolute atomic E-state index is 0.251. The molecule has 4 N–H and O–H groups in total. The summed E-state index contributed by atoms with van der Waals surface area (Å²) in [6.07, 6.45) is -1.11. The first-order valence-corrected chi connectivity index (χ1v) is 9.41. The average Bonchev–Trinajstić information content (AvgIpc) is 2.70. The standard InChI is InChI=1S/C18H22F3N7OS/c19-18(20,21)12-24-16(22)27-15-9-10-23-14(26-15)8-4-5-11-28(30)17(29)25-13-6-2-1-3-7-13/h1-3,6-7,9-10,30H,4-5,8,11-12H2,(H,25,29)(H3,22,23,24,26,27). The molecular formula is C18H22F3N7OS. The number of urea groups is 1. The number of halogens is 3. The van der Waals surface area contributed by atoms with Crippen molar-refractivity contribution >= 4 is 36.3 Å². The summed E-state index contributed by atoms with van der Waals surface area (Å²) in [5.74, 6) is 0.358. The van der Waals surface area contributed by atoms with Crippen molar-refractivity contribution in [3.05, 3.63) is 48.4 Å². The van der Waals surface area contributed by atoms with Crippen molar-refractivity contribution in [2.24, 2.45) is 10.7 Å². The predicted octanol–water partition coefficient (Wildman–Crippen LogP) is 3.47. The number of guanidine groups is 1. The van der Waals surface area contributed by atoms with E-state index in [-0.39, 0.29) is 17.8 Å². The Morgan fingerprint density at radius 2 is 1.90 bits per heavy atom.